The van der Waals surface area contributed by atoms with Crippen molar-refractivity contribution in [3.05, 3.63) is 82.5 Å². The largest absolute Gasteiger partial charge is 0.507 e. The first-order valence-corrected chi connectivity index (χ1v) is 9.04. The van der Waals surface area contributed by atoms with Gasteiger partial charge in [0.05, 0.1) is 16.7 Å². The van der Waals surface area contributed by atoms with Crippen LogP contribution in [0, 0.1) is 0 Å². The summed E-state index contributed by atoms with van der Waals surface area (Å²) in [5.74, 6) is -2.75. The summed E-state index contributed by atoms with van der Waals surface area (Å²) in [5.41, 5.74) is 0.664. The molecular weight excluding hydrogens is 372 g/mol. The number of phenolic OH excluding ortho intramolecular Hbond substituents is 2. The van der Waals surface area contributed by atoms with Gasteiger partial charge in [-0.25, -0.2) is 4.79 Å². The number of aromatic hydroxyl groups is 2. The average molecular weight is 392 g/mol. The number of ketones is 2. The Morgan fingerprint density at radius 2 is 1.62 bits per heavy atom. The molecule has 3 rings (SSSR count). The van der Waals surface area contributed by atoms with Crippen molar-refractivity contribution in [3.63, 3.8) is 0 Å². The van der Waals surface area contributed by atoms with Crippen LogP contribution in [0.4, 0.5) is 0 Å². The molecule has 29 heavy (non-hydrogen) atoms. The van der Waals surface area contributed by atoms with Crippen molar-refractivity contribution in [2.75, 3.05) is 0 Å². The van der Waals surface area contributed by atoms with Crippen LogP contribution in [0.25, 0.3) is 0 Å². The molecular formula is C23H20O6. The number of hydrogen-bond donors (Lipinski definition) is 2. The van der Waals surface area contributed by atoms with Gasteiger partial charge in [0, 0.05) is 12.0 Å². The first-order valence-electron chi connectivity index (χ1n) is 9.04. The van der Waals surface area contributed by atoms with Gasteiger partial charge < -0.3 is 14.9 Å². The van der Waals surface area contributed by atoms with E-state index in [1.807, 2.05) is 13.8 Å². The summed E-state index contributed by atoms with van der Waals surface area (Å²) in [6.45, 7) is 3.72. The van der Waals surface area contributed by atoms with Crippen LogP contribution in [0.5, 0.6) is 11.5 Å². The number of fused-ring (bicyclic) bond motifs is 1. The number of ether oxygens (including phenoxy) is 1. The van der Waals surface area contributed by atoms with Crippen LogP contribution in [-0.2, 0) is 4.74 Å². The van der Waals surface area contributed by atoms with E-state index >= 15 is 0 Å². The summed E-state index contributed by atoms with van der Waals surface area (Å²) in [6.07, 6.45) is 2.01. The van der Waals surface area contributed by atoms with E-state index in [9.17, 15) is 24.6 Å². The second kappa shape index (κ2) is 8.14. The van der Waals surface area contributed by atoms with Gasteiger partial charge in [0.25, 0.3) is 0 Å². The van der Waals surface area contributed by atoms with Gasteiger partial charge >= 0.3 is 5.97 Å². The molecule has 2 N–H and O–H groups in total. The molecule has 0 unspecified atom stereocenters. The van der Waals surface area contributed by atoms with Crippen LogP contribution in [0.15, 0.2) is 65.8 Å². The molecule has 0 radical (unpaired) electrons. The Labute approximate surface area is 167 Å². The van der Waals surface area contributed by atoms with Gasteiger partial charge in [0.15, 0.2) is 11.6 Å². The van der Waals surface area contributed by atoms with E-state index in [0.29, 0.717) is 5.56 Å². The number of hydrogen-bond acceptors (Lipinski definition) is 6. The van der Waals surface area contributed by atoms with Crippen LogP contribution in [0.1, 0.15) is 51.3 Å². The maximum atomic E-state index is 13.0. The normalized spacial score (nSPS) is 13.9. The first kappa shape index (κ1) is 20.1. The smallest absolute Gasteiger partial charge is 0.338 e. The summed E-state index contributed by atoms with van der Waals surface area (Å²) in [5, 5.41) is 20.1. The van der Waals surface area contributed by atoms with E-state index in [1.165, 1.54) is 0 Å². The van der Waals surface area contributed by atoms with E-state index in [1.54, 1.807) is 36.4 Å². The van der Waals surface area contributed by atoms with Crippen molar-refractivity contribution in [1.82, 2.24) is 0 Å². The molecule has 0 amide bonds. The van der Waals surface area contributed by atoms with E-state index in [0.717, 1.165) is 23.8 Å². The quantitative estimate of drug-likeness (QED) is 0.453. The zero-order valence-electron chi connectivity index (χ0n) is 16.0. The number of phenols is 2. The predicted molar refractivity (Wildman–Crippen MR) is 106 cm³/mol. The molecule has 2 aromatic carbocycles. The minimum absolute atomic E-state index is 0.0508. The van der Waals surface area contributed by atoms with Crippen LogP contribution < -0.4 is 0 Å². The first-order chi connectivity index (χ1) is 13.8. The third-order valence-corrected chi connectivity index (χ3v) is 4.53. The lowest BCUT2D eigenvalue weighted by Crippen LogP contribution is -2.29. The molecule has 0 saturated heterocycles. The molecule has 0 saturated carbocycles. The Bertz CT molecular complexity index is 1040. The molecule has 148 valence electrons. The zero-order chi connectivity index (χ0) is 21.1. The van der Waals surface area contributed by atoms with Crippen LogP contribution in [0.2, 0.25) is 0 Å². The highest BCUT2D eigenvalue weighted by atomic mass is 16.5. The fourth-order valence-electron chi connectivity index (χ4n) is 3.08. The Balaban J connectivity index is 2.01. The van der Waals surface area contributed by atoms with Crippen molar-refractivity contribution in [1.29, 1.82) is 0 Å². The maximum absolute atomic E-state index is 13.0. The van der Waals surface area contributed by atoms with Crippen molar-refractivity contribution in [3.8, 4) is 11.5 Å². The third-order valence-electron chi connectivity index (χ3n) is 4.53. The number of benzene rings is 2. The number of rotatable bonds is 5. The average Bonchev–Trinajstić information content (AvgIpc) is 2.70. The van der Waals surface area contributed by atoms with Gasteiger partial charge in [-0.3, -0.25) is 9.59 Å². The van der Waals surface area contributed by atoms with Crippen molar-refractivity contribution >= 4 is 17.5 Å². The number of carbonyl (C=O) groups is 3. The monoisotopic (exact) mass is 392 g/mol. The Hall–Kier alpha value is -3.67. The Morgan fingerprint density at radius 3 is 2.24 bits per heavy atom. The Morgan fingerprint density at radius 1 is 1.00 bits per heavy atom. The number of allylic oxidation sites excluding steroid dienone is 2. The summed E-state index contributed by atoms with van der Waals surface area (Å²) in [4.78, 5) is 38.1. The van der Waals surface area contributed by atoms with E-state index in [4.69, 9.17) is 4.74 Å². The van der Waals surface area contributed by atoms with Crippen LogP contribution in [0.3, 0.4) is 0 Å². The van der Waals surface area contributed by atoms with Gasteiger partial charge in [-0.15, -0.1) is 0 Å². The second-order valence-electron chi connectivity index (χ2n) is 6.92. The van der Waals surface area contributed by atoms with Gasteiger partial charge in [0.1, 0.15) is 17.6 Å². The molecule has 0 bridgehead atoms. The topological polar surface area (TPSA) is 101 Å². The van der Waals surface area contributed by atoms with Crippen molar-refractivity contribution < 1.29 is 29.3 Å². The zero-order valence-corrected chi connectivity index (χ0v) is 16.0. The Kier molecular flexibility index (Phi) is 5.64. The summed E-state index contributed by atoms with van der Waals surface area (Å²) in [7, 11) is 0. The molecule has 0 aliphatic heterocycles. The number of Topliss-reactive ketones (excluding diaryl/α,β-unsaturated/α-hetero) is 1. The van der Waals surface area contributed by atoms with Crippen molar-refractivity contribution in [2.45, 2.75) is 26.4 Å². The number of carbonyl (C=O) groups excluding carboxylic acids is 3. The molecule has 1 atom stereocenters. The summed E-state index contributed by atoms with van der Waals surface area (Å²) >= 11 is 0. The lowest BCUT2D eigenvalue weighted by molar-refractivity contribution is 0.0372. The molecule has 2 aromatic rings. The second-order valence-corrected chi connectivity index (χ2v) is 6.92. The molecule has 0 heterocycles. The van der Waals surface area contributed by atoms with Crippen LogP contribution >= 0.6 is 0 Å². The highest BCUT2D eigenvalue weighted by molar-refractivity contribution is 6.27. The molecule has 6 nitrogen and oxygen atoms in total. The van der Waals surface area contributed by atoms with E-state index < -0.39 is 35.1 Å². The van der Waals surface area contributed by atoms with Gasteiger partial charge in [-0.2, -0.15) is 0 Å². The lowest BCUT2D eigenvalue weighted by atomic mass is 9.85. The standard InChI is InChI=1S/C23H20O6/c1-13(2)8-11-19(29-23(28)14-6-4-3-5-7-14)15-12-18(26)20-16(24)9-10-17(25)21(20)22(15)27/h3-10,12,19,24-25H,11H2,1-2H3/t19-/m1/s1. The molecule has 0 fully saturated rings. The molecule has 0 spiro atoms. The van der Waals surface area contributed by atoms with Gasteiger partial charge in [-0.1, -0.05) is 29.8 Å². The minimum atomic E-state index is -1.02. The molecule has 6 heteroatoms. The molecule has 0 aromatic heterocycles. The van der Waals surface area contributed by atoms with Crippen LogP contribution in [-0.4, -0.2) is 33.9 Å². The van der Waals surface area contributed by atoms with Crippen molar-refractivity contribution in [2.24, 2.45) is 0 Å². The van der Waals surface area contributed by atoms with Gasteiger partial charge in [-0.05, 0) is 44.2 Å². The lowest BCUT2D eigenvalue weighted by Gasteiger charge is -2.23. The van der Waals surface area contributed by atoms with E-state index in [2.05, 4.69) is 0 Å². The predicted octanol–water partition coefficient (Wildman–Crippen LogP) is 3.99. The minimum Gasteiger partial charge on any atom is -0.507 e. The highest BCUT2D eigenvalue weighted by Crippen LogP contribution is 2.36. The summed E-state index contributed by atoms with van der Waals surface area (Å²) < 4.78 is 5.56. The summed E-state index contributed by atoms with van der Waals surface area (Å²) in [6, 6.07) is 10.6. The number of esters is 1. The highest BCUT2D eigenvalue weighted by Gasteiger charge is 2.35. The fraction of sp³-hybridized carbons (Fsp3) is 0.174. The van der Waals surface area contributed by atoms with Gasteiger partial charge in [0.2, 0.25) is 0 Å². The molecule has 1 aliphatic carbocycles. The molecule has 1 aliphatic rings. The van der Waals surface area contributed by atoms with E-state index in [-0.39, 0.29) is 23.1 Å². The third kappa shape index (κ3) is 4.11. The maximum Gasteiger partial charge on any atom is 0.338 e. The fourth-order valence-corrected chi connectivity index (χ4v) is 3.08. The SMILES string of the molecule is CC(C)=CC[C@@H](OC(=O)c1ccccc1)C1=CC(=O)c2c(O)ccc(O)c2C1=O.